The SMILES string of the molecule is Clc1nc(NCc2sccc2Br)nc(-n2cccn2)n1. The summed E-state index contributed by atoms with van der Waals surface area (Å²) in [5, 5.41) is 9.32. The van der Waals surface area contributed by atoms with Gasteiger partial charge in [0.05, 0.1) is 6.54 Å². The molecule has 3 heterocycles. The number of hydrogen-bond acceptors (Lipinski definition) is 6. The Morgan fingerprint density at radius 1 is 1.35 bits per heavy atom. The molecule has 102 valence electrons. The van der Waals surface area contributed by atoms with Crippen LogP contribution in [0.1, 0.15) is 4.88 Å². The average Bonchev–Trinajstić information content (AvgIpc) is 3.07. The molecule has 20 heavy (non-hydrogen) atoms. The standard InChI is InChI=1S/C11H8BrClN6S/c12-7-2-5-20-8(7)6-14-10-16-9(13)17-11(18-10)19-4-1-3-15-19/h1-5H,6H2,(H,14,16,17,18). The molecule has 0 aromatic carbocycles. The number of nitrogens with zero attached hydrogens (tertiary/aromatic N) is 5. The lowest BCUT2D eigenvalue weighted by molar-refractivity contribution is 0.795. The smallest absolute Gasteiger partial charge is 0.256 e. The number of halogens is 2. The van der Waals surface area contributed by atoms with Crippen molar-refractivity contribution in [3.05, 3.63) is 44.5 Å². The molecule has 1 N–H and O–H groups in total. The summed E-state index contributed by atoms with van der Waals surface area (Å²) in [5.41, 5.74) is 0. The van der Waals surface area contributed by atoms with Crippen LogP contribution in [0.3, 0.4) is 0 Å². The Morgan fingerprint density at radius 2 is 2.25 bits per heavy atom. The maximum absolute atomic E-state index is 5.91. The van der Waals surface area contributed by atoms with Crippen LogP contribution in [0, 0.1) is 0 Å². The van der Waals surface area contributed by atoms with Gasteiger partial charge in [0, 0.05) is 21.7 Å². The lowest BCUT2D eigenvalue weighted by atomic mass is 10.5. The van der Waals surface area contributed by atoms with E-state index in [0.717, 1.165) is 9.35 Å². The number of anilines is 1. The van der Waals surface area contributed by atoms with E-state index < -0.39 is 0 Å². The normalized spacial score (nSPS) is 10.7. The summed E-state index contributed by atoms with van der Waals surface area (Å²) in [6.07, 6.45) is 3.39. The van der Waals surface area contributed by atoms with Gasteiger partial charge in [-0.1, -0.05) is 0 Å². The molecule has 0 amide bonds. The van der Waals surface area contributed by atoms with Crippen LogP contribution < -0.4 is 5.32 Å². The first-order valence-corrected chi connectivity index (χ1v) is 7.65. The predicted molar refractivity (Wildman–Crippen MR) is 81.3 cm³/mol. The Kier molecular flexibility index (Phi) is 3.95. The van der Waals surface area contributed by atoms with Crippen LogP contribution in [0.4, 0.5) is 5.95 Å². The molecule has 0 aliphatic heterocycles. The maximum Gasteiger partial charge on any atom is 0.256 e. The van der Waals surface area contributed by atoms with Crippen LogP contribution in [-0.2, 0) is 6.54 Å². The zero-order valence-electron chi connectivity index (χ0n) is 9.99. The largest absolute Gasteiger partial charge is 0.349 e. The molecule has 0 spiro atoms. The van der Waals surface area contributed by atoms with Gasteiger partial charge in [0.2, 0.25) is 11.2 Å². The van der Waals surface area contributed by atoms with E-state index in [-0.39, 0.29) is 5.28 Å². The summed E-state index contributed by atoms with van der Waals surface area (Å²) in [6.45, 7) is 0.608. The predicted octanol–water partition coefficient (Wildman–Crippen LogP) is 3.15. The number of thiophene rings is 1. The first-order valence-electron chi connectivity index (χ1n) is 5.60. The fraction of sp³-hybridized carbons (Fsp3) is 0.0909. The highest BCUT2D eigenvalue weighted by Crippen LogP contribution is 2.23. The first kappa shape index (κ1) is 13.5. The summed E-state index contributed by atoms with van der Waals surface area (Å²) >= 11 is 11.0. The number of hydrogen-bond donors (Lipinski definition) is 1. The molecule has 3 rings (SSSR count). The van der Waals surface area contributed by atoms with E-state index in [1.165, 1.54) is 4.68 Å². The molecular formula is C11H8BrClN6S. The first-order chi connectivity index (χ1) is 9.72. The lowest BCUT2D eigenvalue weighted by Gasteiger charge is -2.06. The van der Waals surface area contributed by atoms with E-state index in [2.05, 4.69) is 41.3 Å². The molecule has 9 heteroatoms. The van der Waals surface area contributed by atoms with Crippen LogP contribution in [0.5, 0.6) is 0 Å². The van der Waals surface area contributed by atoms with Gasteiger partial charge in [-0.15, -0.1) is 11.3 Å². The zero-order chi connectivity index (χ0) is 13.9. The average molecular weight is 372 g/mol. The molecular weight excluding hydrogens is 364 g/mol. The third-order valence-corrected chi connectivity index (χ3v) is 4.50. The van der Waals surface area contributed by atoms with Crippen molar-refractivity contribution in [3.8, 4) is 5.95 Å². The highest BCUT2D eigenvalue weighted by molar-refractivity contribution is 9.10. The molecule has 3 aromatic rings. The van der Waals surface area contributed by atoms with Crippen LogP contribution in [0.25, 0.3) is 5.95 Å². The van der Waals surface area contributed by atoms with E-state index in [1.807, 2.05) is 11.4 Å². The Bertz CT molecular complexity index is 714. The highest BCUT2D eigenvalue weighted by atomic mass is 79.9. The van der Waals surface area contributed by atoms with Gasteiger partial charge in [-0.05, 0) is 45.0 Å². The molecule has 0 unspecified atom stereocenters. The number of nitrogens with one attached hydrogen (secondary N) is 1. The molecule has 0 radical (unpaired) electrons. The van der Waals surface area contributed by atoms with E-state index in [1.54, 1.807) is 29.8 Å². The van der Waals surface area contributed by atoms with Crippen molar-refractivity contribution in [3.63, 3.8) is 0 Å². The van der Waals surface area contributed by atoms with Crippen molar-refractivity contribution in [2.24, 2.45) is 0 Å². The molecule has 0 saturated heterocycles. The minimum absolute atomic E-state index is 0.123. The molecule has 3 aromatic heterocycles. The van der Waals surface area contributed by atoms with Crippen molar-refractivity contribution < 1.29 is 0 Å². The Morgan fingerprint density at radius 3 is 2.95 bits per heavy atom. The van der Waals surface area contributed by atoms with Gasteiger partial charge >= 0.3 is 0 Å². The van der Waals surface area contributed by atoms with Gasteiger partial charge in [-0.2, -0.15) is 20.1 Å². The molecule has 0 fully saturated rings. The summed E-state index contributed by atoms with van der Waals surface area (Å²) in [5.74, 6) is 0.790. The van der Waals surface area contributed by atoms with Crippen LogP contribution in [-0.4, -0.2) is 24.7 Å². The van der Waals surface area contributed by atoms with E-state index >= 15 is 0 Å². The second kappa shape index (κ2) is 5.86. The van der Waals surface area contributed by atoms with Gasteiger partial charge in [-0.3, -0.25) is 0 Å². The summed E-state index contributed by atoms with van der Waals surface area (Å²) in [4.78, 5) is 13.5. The molecule has 0 aliphatic rings. The molecule has 0 aliphatic carbocycles. The number of rotatable bonds is 4. The van der Waals surface area contributed by atoms with Gasteiger partial charge in [-0.25, -0.2) is 4.68 Å². The lowest BCUT2D eigenvalue weighted by Crippen LogP contribution is -2.09. The Labute approximate surface area is 132 Å². The minimum atomic E-state index is 0.123. The molecule has 0 bridgehead atoms. The van der Waals surface area contributed by atoms with E-state index in [4.69, 9.17) is 11.6 Å². The van der Waals surface area contributed by atoms with Crippen molar-refractivity contribution >= 4 is 44.8 Å². The van der Waals surface area contributed by atoms with Crippen molar-refractivity contribution in [1.29, 1.82) is 0 Å². The quantitative estimate of drug-likeness (QED) is 0.763. The minimum Gasteiger partial charge on any atom is -0.349 e. The van der Waals surface area contributed by atoms with E-state index in [0.29, 0.717) is 18.4 Å². The molecule has 0 atom stereocenters. The second-order valence-electron chi connectivity index (χ2n) is 3.72. The highest BCUT2D eigenvalue weighted by Gasteiger charge is 2.08. The maximum atomic E-state index is 5.91. The van der Waals surface area contributed by atoms with Crippen LogP contribution in [0.2, 0.25) is 5.28 Å². The summed E-state index contributed by atoms with van der Waals surface area (Å²) in [6, 6.07) is 3.78. The topological polar surface area (TPSA) is 68.5 Å². The van der Waals surface area contributed by atoms with Crippen molar-refractivity contribution in [1.82, 2.24) is 24.7 Å². The molecule has 0 saturated carbocycles. The summed E-state index contributed by atoms with van der Waals surface area (Å²) in [7, 11) is 0. The number of aromatic nitrogens is 5. The van der Waals surface area contributed by atoms with Crippen molar-refractivity contribution in [2.75, 3.05) is 5.32 Å². The Balaban J connectivity index is 1.81. The van der Waals surface area contributed by atoms with Gasteiger partial charge in [0.1, 0.15) is 0 Å². The van der Waals surface area contributed by atoms with E-state index in [9.17, 15) is 0 Å². The third-order valence-electron chi connectivity index (χ3n) is 2.40. The van der Waals surface area contributed by atoms with Gasteiger partial charge < -0.3 is 5.32 Å². The Hall–Kier alpha value is -1.51. The monoisotopic (exact) mass is 370 g/mol. The van der Waals surface area contributed by atoms with Crippen molar-refractivity contribution in [2.45, 2.75) is 6.54 Å². The fourth-order valence-corrected chi connectivity index (χ4v) is 3.11. The second-order valence-corrected chi connectivity index (χ2v) is 5.92. The van der Waals surface area contributed by atoms with Gasteiger partial charge in [0.15, 0.2) is 0 Å². The van der Waals surface area contributed by atoms with Crippen LogP contribution >= 0.6 is 38.9 Å². The zero-order valence-corrected chi connectivity index (χ0v) is 13.2. The molecule has 6 nitrogen and oxygen atoms in total. The third kappa shape index (κ3) is 2.97. The van der Waals surface area contributed by atoms with Gasteiger partial charge in [0.25, 0.3) is 5.95 Å². The summed E-state index contributed by atoms with van der Waals surface area (Å²) < 4.78 is 2.59. The fourth-order valence-electron chi connectivity index (χ4n) is 1.52. The van der Waals surface area contributed by atoms with Crippen LogP contribution in [0.15, 0.2) is 34.4 Å².